The normalized spacial score (nSPS) is 13.5. The number of imide groups is 1. The molecule has 0 atom stereocenters. The first-order valence-corrected chi connectivity index (χ1v) is 6.74. The van der Waals surface area contributed by atoms with Gasteiger partial charge in [-0.25, -0.2) is 0 Å². The van der Waals surface area contributed by atoms with Crippen molar-refractivity contribution in [1.29, 1.82) is 0 Å². The van der Waals surface area contributed by atoms with E-state index in [1.165, 1.54) is 18.2 Å². The molecule has 0 aromatic heterocycles. The molecule has 0 saturated heterocycles. The highest BCUT2D eigenvalue weighted by Crippen LogP contribution is 2.41. The molecule has 24 heavy (non-hydrogen) atoms. The molecule has 10 nitrogen and oxygen atoms in total. The van der Waals surface area contributed by atoms with Gasteiger partial charge in [0.1, 0.15) is 5.56 Å². The number of aliphatic hydroxyl groups excluding tert-OH is 1. The van der Waals surface area contributed by atoms with Crippen LogP contribution >= 0.6 is 0 Å². The maximum Gasteiger partial charge on any atom is 0.359 e. The second kappa shape index (κ2) is 5.35. The van der Waals surface area contributed by atoms with Crippen LogP contribution in [0.5, 0.6) is 0 Å². The number of hydrogen-bond donors (Lipinski definition) is 1. The fourth-order valence-electron chi connectivity index (χ4n) is 2.82. The van der Waals surface area contributed by atoms with E-state index in [0.717, 1.165) is 6.07 Å². The van der Waals surface area contributed by atoms with Gasteiger partial charge in [0.05, 0.1) is 23.0 Å². The number of carbonyl (C=O) groups is 2. The van der Waals surface area contributed by atoms with Crippen LogP contribution in [0.15, 0.2) is 24.3 Å². The summed E-state index contributed by atoms with van der Waals surface area (Å²) in [5.41, 5.74) is -2.27. The summed E-state index contributed by atoms with van der Waals surface area (Å²) in [4.78, 5) is 46.2. The molecule has 0 radical (unpaired) electrons. The summed E-state index contributed by atoms with van der Waals surface area (Å²) in [7, 11) is 0. The lowest BCUT2D eigenvalue weighted by Gasteiger charge is -2.26. The number of benzene rings is 2. The highest BCUT2D eigenvalue weighted by molar-refractivity contribution is 6.27. The van der Waals surface area contributed by atoms with Crippen molar-refractivity contribution in [3.8, 4) is 0 Å². The van der Waals surface area contributed by atoms with Crippen molar-refractivity contribution in [2.45, 2.75) is 0 Å². The fourth-order valence-corrected chi connectivity index (χ4v) is 2.82. The summed E-state index contributed by atoms with van der Waals surface area (Å²) in [5, 5.41) is 31.8. The summed E-state index contributed by atoms with van der Waals surface area (Å²) < 4.78 is 0. The zero-order chi connectivity index (χ0) is 17.6. The molecule has 2 aromatic carbocycles. The maximum atomic E-state index is 12.6. The minimum absolute atomic E-state index is 0.0130. The molecule has 0 unspecified atom stereocenters. The first-order chi connectivity index (χ1) is 11.4. The van der Waals surface area contributed by atoms with Gasteiger partial charge in [0.2, 0.25) is 0 Å². The van der Waals surface area contributed by atoms with E-state index >= 15 is 0 Å². The molecule has 0 aliphatic carbocycles. The van der Waals surface area contributed by atoms with E-state index in [0.29, 0.717) is 4.90 Å². The molecule has 1 aliphatic heterocycles. The highest BCUT2D eigenvalue weighted by atomic mass is 16.6. The minimum Gasteiger partial charge on any atom is -0.395 e. The third-order valence-corrected chi connectivity index (χ3v) is 3.76. The Morgan fingerprint density at radius 3 is 2.38 bits per heavy atom. The molecule has 10 heteroatoms. The van der Waals surface area contributed by atoms with Crippen molar-refractivity contribution in [2.24, 2.45) is 0 Å². The molecule has 0 saturated carbocycles. The molecule has 3 rings (SSSR count). The van der Waals surface area contributed by atoms with Gasteiger partial charge < -0.3 is 5.11 Å². The lowest BCUT2D eigenvalue weighted by atomic mass is 9.92. The van der Waals surface area contributed by atoms with E-state index < -0.39 is 45.2 Å². The van der Waals surface area contributed by atoms with Crippen molar-refractivity contribution in [2.75, 3.05) is 13.2 Å². The molecule has 1 aliphatic rings. The molecule has 0 bridgehead atoms. The smallest absolute Gasteiger partial charge is 0.359 e. The van der Waals surface area contributed by atoms with Crippen LogP contribution in [0.1, 0.15) is 20.7 Å². The Morgan fingerprint density at radius 1 is 1.08 bits per heavy atom. The minimum atomic E-state index is -1.03. The van der Waals surface area contributed by atoms with Gasteiger partial charge in [-0.1, -0.05) is 12.1 Å². The summed E-state index contributed by atoms with van der Waals surface area (Å²) in [6, 6.07) is 5.24. The number of nitrogens with zero attached hydrogens (tertiary/aromatic N) is 3. The largest absolute Gasteiger partial charge is 0.395 e. The number of carbonyl (C=O) groups excluding carboxylic acids is 2. The Bertz CT molecular complexity index is 938. The molecular formula is C14H9N3O7. The monoisotopic (exact) mass is 331 g/mol. The summed E-state index contributed by atoms with van der Waals surface area (Å²) in [5.74, 6) is -1.75. The average molecular weight is 331 g/mol. The molecular weight excluding hydrogens is 322 g/mol. The van der Waals surface area contributed by atoms with E-state index in [1.807, 2.05) is 0 Å². The lowest BCUT2D eigenvalue weighted by molar-refractivity contribution is -0.422. The molecule has 2 amide bonds. The Labute approximate surface area is 133 Å². The van der Waals surface area contributed by atoms with Crippen molar-refractivity contribution in [3.05, 3.63) is 55.6 Å². The van der Waals surface area contributed by atoms with Gasteiger partial charge in [0.25, 0.3) is 11.8 Å². The maximum absolute atomic E-state index is 12.6. The Balaban J connectivity index is 2.50. The summed E-state index contributed by atoms with van der Waals surface area (Å²) in [6.45, 7) is -0.904. The molecule has 0 spiro atoms. The topological polar surface area (TPSA) is 144 Å². The van der Waals surface area contributed by atoms with Crippen molar-refractivity contribution < 1.29 is 24.5 Å². The van der Waals surface area contributed by atoms with Crippen LogP contribution in [0, 0.1) is 20.2 Å². The molecule has 0 fully saturated rings. The number of aliphatic hydroxyl groups is 1. The van der Waals surface area contributed by atoms with Crippen LogP contribution in [0.4, 0.5) is 11.4 Å². The van der Waals surface area contributed by atoms with Gasteiger partial charge in [-0.3, -0.25) is 34.7 Å². The Morgan fingerprint density at radius 2 is 1.79 bits per heavy atom. The van der Waals surface area contributed by atoms with Crippen LogP contribution < -0.4 is 0 Å². The second-order valence-electron chi connectivity index (χ2n) is 5.02. The van der Waals surface area contributed by atoms with Crippen LogP contribution in [-0.2, 0) is 0 Å². The number of hydrogen-bond acceptors (Lipinski definition) is 7. The Kier molecular flexibility index (Phi) is 3.45. The molecule has 122 valence electrons. The number of amides is 2. The predicted octanol–water partition coefficient (Wildman–Crippen LogP) is 1.24. The lowest BCUT2D eigenvalue weighted by Crippen LogP contribution is -2.42. The van der Waals surface area contributed by atoms with Gasteiger partial charge in [-0.2, -0.15) is 0 Å². The van der Waals surface area contributed by atoms with Gasteiger partial charge in [-0.05, 0) is 11.5 Å². The number of β-amino-alcohol motifs (C(OH)–C–C–N with tert-alkyl or cyclic N) is 1. The van der Waals surface area contributed by atoms with Gasteiger partial charge >= 0.3 is 11.4 Å². The Hall–Kier alpha value is -3.40. The summed E-state index contributed by atoms with van der Waals surface area (Å²) >= 11 is 0. The van der Waals surface area contributed by atoms with Crippen LogP contribution in [0.3, 0.4) is 0 Å². The van der Waals surface area contributed by atoms with E-state index in [-0.39, 0.29) is 22.9 Å². The van der Waals surface area contributed by atoms with Gasteiger partial charge in [-0.15, -0.1) is 0 Å². The zero-order valence-corrected chi connectivity index (χ0v) is 12.0. The first kappa shape index (κ1) is 15.5. The van der Waals surface area contributed by atoms with E-state index in [9.17, 15) is 29.8 Å². The van der Waals surface area contributed by atoms with Crippen molar-refractivity contribution in [3.63, 3.8) is 0 Å². The average Bonchev–Trinajstić information content (AvgIpc) is 2.54. The standard InChI is InChI=1S/C14H9N3O7/c18-5-4-15-13(19)8-3-1-2-7-6-9(16(21)22)12(17(23)24)11(10(7)8)14(15)20/h1-3,6,18H,4-5H2. The summed E-state index contributed by atoms with van der Waals surface area (Å²) in [6.07, 6.45) is 0. The molecule has 1 heterocycles. The zero-order valence-electron chi connectivity index (χ0n) is 12.0. The fraction of sp³-hybridized carbons (Fsp3) is 0.143. The third kappa shape index (κ3) is 2.01. The van der Waals surface area contributed by atoms with E-state index in [1.54, 1.807) is 0 Å². The van der Waals surface area contributed by atoms with E-state index in [4.69, 9.17) is 5.11 Å². The van der Waals surface area contributed by atoms with Gasteiger partial charge in [0.15, 0.2) is 0 Å². The van der Waals surface area contributed by atoms with Crippen LogP contribution in [0.2, 0.25) is 0 Å². The highest BCUT2D eigenvalue weighted by Gasteiger charge is 2.42. The van der Waals surface area contributed by atoms with Crippen molar-refractivity contribution in [1.82, 2.24) is 4.90 Å². The van der Waals surface area contributed by atoms with Crippen molar-refractivity contribution >= 4 is 34.0 Å². The number of nitro benzene ring substituents is 2. The van der Waals surface area contributed by atoms with Gasteiger partial charge in [0, 0.05) is 17.0 Å². The second-order valence-corrected chi connectivity index (χ2v) is 5.02. The van der Waals surface area contributed by atoms with Crippen LogP contribution in [-0.4, -0.2) is 44.8 Å². The molecule has 2 aromatic rings. The molecule has 1 N–H and O–H groups in total. The third-order valence-electron chi connectivity index (χ3n) is 3.76. The first-order valence-electron chi connectivity index (χ1n) is 6.74. The SMILES string of the molecule is O=C1c2cccc3cc([N+](=O)[O-])c([N+](=O)[O-])c(c23)C(=O)N1CCO. The predicted molar refractivity (Wildman–Crippen MR) is 79.7 cm³/mol. The quantitative estimate of drug-likeness (QED) is 0.504. The van der Waals surface area contributed by atoms with Crippen LogP contribution in [0.25, 0.3) is 10.8 Å². The van der Waals surface area contributed by atoms with E-state index in [2.05, 4.69) is 0 Å². The number of rotatable bonds is 4. The number of nitro groups is 2.